The zero-order valence-corrected chi connectivity index (χ0v) is 15.7. The molecule has 2 aliphatic heterocycles. The minimum Gasteiger partial charge on any atom is -0.480 e. The largest absolute Gasteiger partial charge is 0.480 e. The summed E-state index contributed by atoms with van der Waals surface area (Å²) in [6, 6.07) is -1.00. The molecular formula is C18H18F6N2O4. The lowest BCUT2D eigenvalue weighted by atomic mass is 9.96. The number of carbonyl (C=O) groups excluding carboxylic acids is 1. The van der Waals surface area contributed by atoms with Gasteiger partial charge in [0.1, 0.15) is 5.72 Å². The Morgan fingerprint density at radius 2 is 1.53 bits per heavy atom. The van der Waals surface area contributed by atoms with Crippen LogP contribution < -0.4 is 0 Å². The van der Waals surface area contributed by atoms with Crippen molar-refractivity contribution in [1.29, 1.82) is 0 Å². The summed E-state index contributed by atoms with van der Waals surface area (Å²) in [7, 11) is 1.78. The maximum Gasteiger partial charge on any atom is 0.416 e. The molecule has 3 rings (SSSR count). The van der Waals surface area contributed by atoms with Crippen LogP contribution in [0.5, 0.6) is 0 Å². The topological polar surface area (TPSA) is 70.1 Å². The van der Waals surface area contributed by atoms with Crippen molar-refractivity contribution in [2.24, 2.45) is 0 Å². The fraction of sp³-hybridized carbons (Fsp3) is 0.556. The number of hydrogen-bond acceptors (Lipinski definition) is 4. The fourth-order valence-electron chi connectivity index (χ4n) is 3.74. The summed E-state index contributed by atoms with van der Waals surface area (Å²) in [5.41, 5.74) is -5.60. The molecule has 6 nitrogen and oxygen atoms in total. The van der Waals surface area contributed by atoms with Gasteiger partial charge in [0.15, 0.2) is 6.04 Å². The van der Waals surface area contributed by atoms with Gasteiger partial charge in [-0.15, -0.1) is 0 Å². The lowest BCUT2D eigenvalue weighted by Crippen LogP contribution is -2.57. The number of likely N-dealkylation sites (tertiary alicyclic amines) is 1. The van der Waals surface area contributed by atoms with Crippen LogP contribution in [0, 0.1) is 0 Å². The summed E-state index contributed by atoms with van der Waals surface area (Å²) in [5.74, 6) is -2.71. The first kappa shape index (κ1) is 22.3. The zero-order chi connectivity index (χ0) is 22.5. The molecule has 1 amide bonds. The molecule has 0 radical (unpaired) electrons. The van der Waals surface area contributed by atoms with Gasteiger partial charge in [0.2, 0.25) is 0 Å². The molecule has 1 N–H and O–H groups in total. The molecule has 2 fully saturated rings. The van der Waals surface area contributed by atoms with E-state index in [9.17, 15) is 41.0 Å². The second-order valence-corrected chi connectivity index (χ2v) is 7.38. The number of ether oxygens (including phenoxy) is 1. The van der Waals surface area contributed by atoms with E-state index in [0.29, 0.717) is 25.2 Å². The highest BCUT2D eigenvalue weighted by molar-refractivity contribution is 5.98. The number of alkyl halides is 6. The molecule has 1 aromatic rings. The lowest BCUT2D eigenvalue weighted by molar-refractivity contribution is -0.145. The van der Waals surface area contributed by atoms with E-state index in [1.807, 2.05) is 4.90 Å². The third kappa shape index (κ3) is 4.10. The van der Waals surface area contributed by atoms with Gasteiger partial charge in [-0.25, -0.2) is 4.79 Å². The highest BCUT2D eigenvalue weighted by Crippen LogP contribution is 2.40. The van der Waals surface area contributed by atoms with E-state index in [1.165, 1.54) is 0 Å². The molecule has 0 saturated carbocycles. The molecule has 0 aliphatic carbocycles. The Morgan fingerprint density at radius 1 is 1.03 bits per heavy atom. The minimum atomic E-state index is -5.13. The Balaban J connectivity index is 2.09. The Labute approximate surface area is 167 Å². The normalized spacial score (nSPS) is 22.5. The van der Waals surface area contributed by atoms with E-state index in [1.54, 1.807) is 7.05 Å². The molecule has 12 heteroatoms. The quantitative estimate of drug-likeness (QED) is 0.716. The van der Waals surface area contributed by atoms with Crippen molar-refractivity contribution in [3.05, 3.63) is 34.9 Å². The molecule has 0 unspecified atom stereocenters. The van der Waals surface area contributed by atoms with Gasteiger partial charge in [-0.05, 0) is 25.2 Å². The van der Waals surface area contributed by atoms with Crippen LogP contribution in [0.25, 0.3) is 0 Å². The summed E-state index contributed by atoms with van der Waals surface area (Å²) in [5, 5.41) is 9.47. The first-order chi connectivity index (χ1) is 13.7. The summed E-state index contributed by atoms with van der Waals surface area (Å²) < 4.78 is 84.5. The van der Waals surface area contributed by atoms with Crippen LogP contribution >= 0.6 is 0 Å². The molecule has 1 aromatic carbocycles. The van der Waals surface area contributed by atoms with Crippen molar-refractivity contribution in [3.8, 4) is 0 Å². The Morgan fingerprint density at radius 3 is 1.97 bits per heavy atom. The predicted molar refractivity (Wildman–Crippen MR) is 89.5 cm³/mol. The molecule has 2 saturated heterocycles. The SMILES string of the molecule is CN1CCC2(CC1)OC[C@H](C(=O)O)N2C(=O)c1cc(C(F)(F)F)cc(C(F)(F)F)c1. The molecule has 1 atom stereocenters. The first-order valence-corrected chi connectivity index (χ1v) is 8.93. The number of benzene rings is 1. The monoisotopic (exact) mass is 440 g/mol. The third-order valence-corrected chi connectivity index (χ3v) is 5.37. The predicted octanol–water partition coefficient (Wildman–Crippen LogP) is 3.07. The van der Waals surface area contributed by atoms with E-state index in [0.717, 1.165) is 4.90 Å². The molecule has 0 bridgehead atoms. The highest BCUT2D eigenvalue weighted by atomic mass is 19.4. The number of carboxylic acid groups (broad SMARTS) is 1. The Bertz CT molecular complexity index is 814. The molecular weight excluding hydrogens is 422 g/mol. The Hall–Kier alpha value is -2.34. The molecule has 0 aromatic heterocycles. The number of carboxylic acids is 1. The van der Waals surface area contributed by atoms with Gasteiger partial charge >= 0.3 is 18.3 Å². The van der Waals surface area contributed by atoms with Crippen LogP contribution in [-0.4, -0.2) is 65.3 Å². The first-order valence-electron chi connectivity index (χ1n) is 8.93. The third-order valence-electron chi connectivity index (χ3n) is 5.37. The number of aliphatic carboxylic acids is 1. The average Bonchev–Trinajstić information content (AvgIpc) is 3.01. The number of amides is 1. The zero-order valence-electron chi connectivity index (χ0n) is 15.7. The fourth-order valence-corrected chi connectivity index (χ4v) is 3.74. The van der Waals surface area contributed by atoms with Gasteiger partial charge in [-0.3, -0.25) is 9.69 Å². The maximum absolute atomic E-state index is 13.2. The van der Waals surface area contributed by atoms with Crippen LogP contribution in [0.3, 0.4) is 0 Å². The van der Waals surface area contributed by atoms with Crippen LogP contribution in [0.15, 0.2) is 18.2 Å². The van der Waals surface area contributed by atoms with Gasteiger partial charge in [0.25, 0.3) is 5.91 Å². The summed E-state index contributed by atoms with van der Waals surface area (Å²) in [4.78, 5) is 27.4. The second kappa shape index (κ2) is 7.41. The lowest BCUT2D eigenvalue weighted by Gasteiger charge is -2.43. The van der Waals surface area contributed by atoms with Crippen molar-refractivity contribution in [3.63, 3.8) is 0 Å². The maximum atomic E-state index is 13.2. The van der Waals surface area contributed by atoms with Crippen molar-refractivity contribution >= 4 is 11.9 Å². The van der Waals surface area contributed by atoms with Crippen LogP contribution in [0.2, 0.25) is 0 Å². The number of rotatable bonds is 2. The van der Waals surface area contributed by atoms with E-state index >= 15 is 0 Å². The van der Waals surface area contributed by atoms with E-state index in [2.05, 4.69) is 0 Å². The van der Waals surface area contributed by atoms with E-state index < -0.39 is 59.3 Å². The van der Waals surface area contributed by atoms with Crippen molar-refractivity contribution in [2.45, 2.75) is 37.0 Å². The van der Waals surface area contributed by atoms with Crippen molar-refractivity contribution in [2.75, 3.05) is 26.7 Å². The van der Waals surface area contributed by atoms with Gasteiger partial charge in [-0.1, -0.05) is 0 Å². The van der Waals surface area contributed by atoms with E-state index in [4.69, 9.17) is 4.74 Å². The molecule has 2 heterocycles. The number of piperidine rings is 1. The summed E-state index contributed by atoms with van der Waals surface area (Å²) >= 11 is 0. The standard InChI is InChI=1S/C18H18F6N2O4/c1-25-4-2-16(3-5-25)26(13(9-30-16)15(28)29)14(27)10-6-11(17(19,20)21)8-12(7-10)18(22,23)24/h6-8,13H,2-5,9H2,1H3,(H,28,29)/t13-/m1/s1. The van der Waals surface area contributed by atoms with Gasteiger partial charge in [0, 0.05) is 31.5 Å². The number of halogens is 6. The Kier molecular flexibility index (Phi) is 5.52. The number of carbonyl (C=O) groups is 2. The van der Waals surface area contributed by atoms with Gasteiger partial charge in [-0.2, -0.15) is 26.3 Å². The molecule has 166 valence electrons. The average molecular weight is 440 g/mol. The van der Waals surface area contributed by atoms with Crippen LogP contribution in [-0.2, 0) is 21.9 Å². The van der Waals surface area contributed by atoms with E-state index in [-0.39, 0.29) is 18.9 Å². The van der Waals surface area contributed by atoms with Gasteiger partial charge in [0.05, 0.1) is 17.7 Å². The van der Waals surface area contributed by atoms with Crippen LogP contribution in [0.4, 0.5) is 26.3 Å². The number of nitrogens with zero attached hydrogens (tertiary/aromatic N) is 2. The molecule has 1 spiro atoms. The summed E-state index contributed by atoms with van der Waals surface area (Å²) in [6.07, 6.45) is -9.92. The van der Waals surface area contributed by atoms with Crippen molar-refractivity contribution in [1.82, 2.24) is 9.80 Å². The molecule has 2 aliphatic rings. The molecule has 30 heavy (non-hydrogen) atoms. The highest BCUT2D eigenvalue weighted by Gasteiger charge is 2.54. The van der Waals surface area contributed by atoms with Crippen LogP contribution in [0.1, 0.15) is 34.3 Å². The smallest absolute Gasteiger partial charge is 0.416 e. The van der Waals surface area contributed by atoms with Gasteiger partial charge < -0.3 is 14.7 Å². The van der Waals surface area contributed by atoms with Crippen molar-refractivity contribution < 1.29 is 45.8 Å². The minimum absolute atomic E-state index is 0.0860. The second-order valence-electron chi connectivity index (χ2n) is 7.38. The number of hydrogen-bond donors (Lipinski definition) is 1. The summed E-state index contributed by atoms with van der Waals surface area (Å²) in [6.45, 7) is 0.412.